The van der Waals surface area contributed by atoms with Gasteiger partial charge in [-0.2, -0.15) is 0 Å². The summed E-state index contributed by atoms with van der Waals surface area (Å²) in [6, 6.07) is 6.18. The molecule has 2 heterocycles. The number of sulfonamides is 1. The van der Waals surface area contributed by atoms with Gasteiger partial charge in [-0.1, -0.05) is 6.07 Å². The molecule has 2 N–H and O–H groups in total. The van der Waals surface area contributed by atoms with E-state index in [1.54, 1.807) is 12.1 Å². The quantitative estimate of drug-likeness (QED) is 0.902. The Bertz CT molecular complexity index is 762. The van der Waals surface area contributed by atoms with Crippen LogP contribution in [0.3, 0.4) is 0 Å². The van der Waals surface area contributed by atoms with Crippen LogP contribution in [0.1, 0.15) is 11.1 Å². The Morgan fingerprint density at radius 2 is 2.00 bits per heavy atom. The van der Waals surface area contributed by atoms with Gasteiger partial charge in [0.25, 0.3) is 10.0 Å². The summed E-state index contributed by atoms with van der Waals surface area (Å²) >= 11 is 0. The zero-order valence-corrected chi connectivity index (χ0v) is 11.2. The Labute approximate surface area is 115 Å². The van der Waals surface area contributed by atoms with E-state index in [1.165, 1.54) is 18.3 Å². The van der Waals surface area contributed by atoms with E-state index in [1.807, 2.05) is 0 Å². The maximum atomic E-state index is 13.5. The topological polar surface area (TPSA) is 71.1 Å². The van der Waals surface area contributed by atoms with E-state index in [0.717, 1.165) is 23.9 Å². The lowest BCUT2D eigenvalue weighted by Crippen LogP contribution is -2.14. The van der Waals surface area contributed by atoms with Crippen LogP contribution in [-0.4, -0.2) is 13.4 Å². The highest BCUT2D eigenvalue weighted by atomic mass is 32.2. The molecular formula is C13H12FN3O2S. The van der Waals surface area contributed by atoms with Crippen molar-refractivity contribution in [2.75, 3.05) is 4.72 Å². The van der Waals surface area contributed by atoms with Crippen LogP contribution in [-0.2, 0) is 23.1 Å². The second-order valence-corrected chi connectivity index (χ2v) is 6.18. The molecule has 0 fully saturated rings. The molecule has 0 unspecified atom stereocenters. The number of nitrogens with one attached hydrogen (secondary N) is 2. The molecule has 1 aliphatic heterocycles. The van der Waals surface area contributed by atoms with Crippen LogP contribution in [0.5, 0.6) is 0 Å². The summed E-state index contributed by atoms with van der Waals surface area (Å²) in [5.74, 6) is -0.709. The number of anilines is 1. The first kappa shape index (κ1) is 13.0. The highest BCUT2D eigenvalue weighted by molar-refractivity contribution is 7.92. The van der Waals surface area contributed by atoms with Gasteiger partial charge in [0, 0.05) is 19.3 Å². The summed E-state index contributed by atoms with van der Waals surface area (Å²) in [6.07, 6.45) is 2.29. The van der Waals surface area contributed by atoms with Crippen molar-refractivity contribution in [3.05, 3.63) is 53.6 Å². The van der Waals surface area contributed by atoms with Gasteiger partial charge >= 0.3 is 0 Å². The van der Waals surface area contributed by atoms with Crippen molar-refractivity contribution < 1.29 is 12.8 Å². The second kappa shape index (κ2) is 4.84. The highest BCUT2D eigenvalue weighted by Crippen LogP contribution is 2.22. The van der Waals surface area contributed by atoms with Gasteiger partial charge < -0.3 is 5.32 Å². The predicted octanol–water partition coefficient (Wildman–Crippen LogP) is 1.62. The van der Waals surface area contributed by atoms with E-state index in [0.29, 0.717) is 6.54 Å². The normalized spacial score (nSPS) is 14.1. The van der Waals surface area contributed by atoms with Crippen LogP contribution < -0.4 is 10.0 Å². The molecule has 0 atom stereocenters. The average Bonchev–Trinajstić information content (AvgIpc) is 2.88. The Morgan fingerprint density at radius 1 is 1.20 bits per heavy atom. The number of hydrogen-bond donors (Lipinski definition) is 2. The number of pyridine rings is 1. The SMILES string of the molecule is O=S(=O)(Nc1ccncc1F)c1ccc2c(c1)CNC2. The average molecular weight is 293 g/mol. The molecule has 0 amide bonds. The van der Waals surface area contributed by atoms with Crippen molar-refractivity contribution in [1.82, 2.24) is 10.3 Å². The molecule has 1 aromatic carbocycles. The van der Waals surface area contributed by atoms with Crippen LogP contribution in [0.2, 0.25) is 0 Å². The lowest BCUT2D eigenvalue weighted by molar-refractivity contribution is 0.598. The zero-order chi connectivity index (χ0) is 14.2. The van der Waals surface area contributed by atoms with E-state index < -0.39 is 15.8 Å². The Balaban J connectivity index is 1.94. The summed E-state index contributed by atoms with van der Waals surface area (Å²) in [7, 11) is -3.80. The summed E-state index contributed by atoms with van der Waals surface area (Å²) in [6.45, 7) is 1.38. The van der Waals surface area contributed by atoms with Crippen molar-refractivity contribution in [1.29, 1.82) is 0 Å². The Morgan fingerprint density at radius 3 is 2.80 bits per heavy atom. The Hall–Kier alpha value is -1.99. The molecule has 0 radical (unpaired) electrons. The minimum Gasteiger partial charge on any atom is -0.309 e. The van der Waals surface area contributed by atoms with Crippen molar-refractivity contribution in [2.45, 2.75) is 18.0 Å². The van der Waals surface area contributed by atoms with Crippen molar-refractivity contribution >= 4 is 15.7 Å². The van der Waals surface area contributed by atoms with Gasteiger partial charge in [-0.25, -0.2) is 12.8 Å². The fraction of sp³-hybridized carbons (Fsp3) is 0.154. The first-order valence-corrected chi connectivity index (χ1v) is 7.49. The van der Waals surface area contributed by atoms with Crippen molar-refractivity contribution in [2.24, 2.45) is 0 Å². The van der Waals surface area contributed by atoms with Crippen LogP contribution in [0.25, 0.3) is 0 Å². The van der Waals surface area contributed by atoms with E-state index in [2.05, 4.69) is 15.0 Å². The molecule has 0 aliphatic carbocycles. The lowest BCUT2D eigenvalue weighted by Gasteiger charge is -2.09. The van der Waals surface area contributed by atoms with Gasteiger partial charge in [0.15, 0.2) is 5.82 Å². The minimum absolute atomic E-state index is 0.112. The van der Waals surface area contributed by atoms with E-state index in [9.17, 15) is 12.8 Å². The molecule has 7 heteroatoms. The summed E-state index contributed by atoms with van der Waals surface area (Å²) in [5, 5.41) is 3.14. The lowest BCUT2D eigenvalue weighted by atomic mass is 10.1. The number of fused-ring (bicyclic) bond motifs is 1. The third-order valence-electron chi connectivity index (χ3n) is 3.14. The largest absolute Gasteiger partial charge is 0.309 e. The maximum Gasteiger partial charge on any atom is 0.261 e. The molecular weight excluding hydrogens is 281 g/mol. The number of hydrogen-bond acceptors (Lipinski definition) is 4. The van der Waals surface area contributed by atoms with E-state index in [4.69, 9.17) is 0 Å². The standard InChI is InChI=1S/C13H12FN3O2S/c14-12-8-15-4-3-13(12)17-20(18,19)11-2-1-9-6-16-7-10(9)5-11/h1-5,8,16H,6-7H2,(H,15,17). The van der Waals surface area contributed by atoms with Crippen LogP contribution >= 0.6 is 0 Å². The number of nitrogens with zero attached hydrogens (tertiary/aromatic N) is 1. The molecule has 0 saturated carbocycles. The van der Waals surface area contributed by atoms with Gasteiger partial charge in [-0.05, 0) is 29.3 Å². The number of rotatable bonds is 3. The van der Waals surface area contributed by atoms with Crippen LogP contribution in [0, 0.1) is 5.82 Å². The van der Waals surface area contributed by atoms with E-state index in [-0.39, 0.29) is 10.6 Å². The zero-order valence-electron chi connectivity index (χ0n) is 10.4. The van der Waals surface area contributed by atoms with Crippen LogP contribution in [0.4, 0.5) is 10.1 Å². The van der Waals surface area contributed by atoms with Gasteiger partial charge in [-0.15, -0.1) is 0 Å². The van der Waals surface area contributed by atoms with Crippen LogP contribution in [0.15, 0.2) is 41.6 Å². The number of benzene rings is 1. The summed E-state index contributed by atoms with van der Waals surface area (Å²) in [5.41, 5.74) is 1.92. The van der Waals surface area contributed by atoms with Gasteiger partial charge in [0.1, 0.15) is 0 Å². The maximum absolute atomic E-state index is 13.5. The fourth-order valence-electron chi connectivity index (χ4n) is 2.10. The molecule has 104 valence electrons. The Kier molecular flexibility index (Phi) is 3.15. The van der Waals surface area contributed by atoms with Crippen molar-refractivity contribution in [3.63, 3.8) is 0 Å². The number of halogens is 1. The first-order valence-electron chi connectivity index (χ1n) is 6.01. The third kappa shape index (κ3) is 2.37. The van der Waals surface area contributed by atoms with E-state index >= 15 is 0 Å². The monoisotopic (exact) mass is 293 g/mol. The summed E-state index contributed by atoms with van der Waals surface area (Å²) < 4.78 is 40.2. The molecule has 3 rings (SSSR count). The smallest absolute Gasteiger partial charge is 0.261 e. The van der Waals surface area contributed by atoms with Gasteiger partial charge in [-0.3, -0.25) is 9.71 Å². The molecule has 0 bridgehead atoms. The summed E-state index contributed by atoms with van der Waals surface area (Å²) in [4.78, 5) is 3.70. The predicted molar refractivity (Wildman–Crippen MR) is 72.0 cm³/mol. The van der Waals surface area contributed by atoms with Gasteiger partial charge in [0.2, 0.25) is 0 Å². The molecule has 0 spiro atoms. The molecule has 2 aromatic rings. The first-order chi connectivity index (χ1) is 9.56. The molecule has 0 saturated heterocycles. The minimum atomic E-state index is -3.80. The molecule has 1 aliphatic rings. The van der Waals surface area contributed by atoms with Crippen molar-refractivity contribution in [3.8, 4) is 0 Å². The number of aromatic nitrogens is 1. The van der Waals surface area contributed by atoms with Gasteiger partial charge in [0.05, 0.1) is 16.8 Å². The third-order valence-corrected chi connectivity index (χ3v) is 4.50. The molecule has 1 aromatic heterocycles. The fourth-order valence-corrected chi connectivity index (χ4v) is 3.22. The molecule has 5 nitrogen and oxygen atoms in total. The second-order valence-electron chi connectivity index (χ2n) is 4.50. The molecule has 20 heavy (non-hydrogen) atoms. The highest BCUT2D eigenvalue weighted by Gasteiger charge is 2.19.